The summed E-state index contributed by atoms with van der Waals surface area (Å²) < 4.78 is 1.50. The zero-order valence-electron chi connectivity index (χ0n) is 17.0. The average molecular weight is 406 g/mol. The molecule has 0 aliphatic carbocycles. The first-order valence-corrected chi connectivity index (χ1v) is 10.5. The molecule has 1 aliphatic heterocycles. The lowest BCUT2D eigenvalue weighted by molar-refractivity contribution is -0.124. The standard InChI is InChI=1S/C22H27N7O/c30-22(20(29-17-25-26-27-29)14-18-8-4-3-5-9-18)24-16-19-10-11-21(23-15-19)28-12-6-1-2-7-13-28/h3-5,8-11,15,17,20H,1-2,6-7,12-14,16H2,(H,24,30). The van der Waals surface area contributed by atoms with Crippen molar-refractivity contribution in [2.45, 2.75) is 44.7 Å². The molecular formula is C22H27N7O. The van der Waals surface area contributed by atoms with Crippen LogP contribution in [0.4, 0.5) is 5.82 Å². The molecule has 0 bridgehead atoms. The number of carbonyl (C=O) groups is 1. The number of nitrogens with one attached hydrogen (secondary N) is 1. The van der Waals surface area contributed by atoms with E-state index in [-0.39, 0.29) is 5.91 Å². The monoisotopic (exact) mass is 405 g/mol. The minimum Gasteiger partial charge on any atom is -0.357 e. The Morgan fingerprint density at radius 1 is 1.00 bits per heavy atom. The van der Waals surface area contributed by atoms with Gasteiger partial charge in [0.05, 0.1) is 0 Å². The fourth-order valence-corrected chi connectivity index (χ4v) is 3.77. The van der Waals surface area contributed by atoms with E-state index in [0.29, 0.717) is 13.0 Å². The van der Waals surface area contributed by atoms with E-state index in [4.69, 9.17) is 0 Å². The van der Waals surface area contributed by atoms with Crippen LogP contribution in [0.5, 0.6) is 0 Å². The molecule has 4 rings (SSSR count). The van der Waals surface area contributed by atoms with Crippen LogP contribution in [0, 0.1) is 0 Å². The number of benzene rings is 1. The van der Waals surface area contributed by atoms with E-state index in [1.165, 1.54) is 36.7 Å². The minimum atomic E-state index is -0.508. The van der Waals surface area contributed by atoms with Crippen LogP contribution in [0.15, 0.2) is 55.0 Å². The fraction of sp³-hybridized carbons (Fsp3) is 0.409. The lowest BCUT2D eigenvalue weighted by atomic mass is 10.1. The summed E-state index contributed by atoms with van der Waals surface area (Å²) in [6.07, 6.45) is 8.88. The Hall–Kier alpha value is -3.29. The van der Waals surface area contributed by atoms with Gasteiger partial charge in [-0.3, -0.25) is 4.79 Å². The number of carbonyl (C=O) groups excluding carboxylic acids is 1. The first kappa shape index (κ1) is 20.0. The molecule has 1 atom stereocenters. The molecule has 8 nitrogen and oxygen atoms in total. The van der Waals surface area contributed by atoms with Crippen LogP contribution in [-0.2, 0) is 17.8 Å². The topological polar surface area (TPSA) is 88.8 Å². The van der Waals surface area contributed by atoms with Gasteiger partial charge in [0, 0.05) is 32.3 Å². The number of rotatable bonds is 7. The van der Waals surface area contributed by atoms with Gasteiger partial charge >= 0.3 is 0 Å². The molecule has 30 heavy (non-hydrogen) atoms. The van der Waals surface area contributed by atoms with Gasteiger partial charge in [0.1, 0.15) is 18.2 Å². The molecule has 1 aliphatic rings. The van der Waals surface area contributed by atoms with Crippen molar-refractivity contribution in [1.82, 2.24) is 30.5 Å². The highest BCUT2D eigenvalue weighted by molar-refractivity contribution is 5.80. The molecular weight excluding hydrogens is 378 g/mol. The summed E-state index contributed by atoms with van der Waals surface area (Å²) in [6, 6.07) is 13.4. The lowest BCUT2D eigenvalue weighted by Crippen LogP contribution is -2.34. The molecule has 8 heteroatoms. The molecule has 1 N–H and O–H groups in total. The summed E-state index contributed by atoms with van der Waals surface area (Å²) in [5.74, 6) is 0.894. The normalized spacial score (nSPS) is 15.4. The van der Waals surface area contributed by atoms with Crippen LogP contribution in [0.1, 0.15) is 42.9 Å². The molecule has 0 spiro atoms. The van der Waals surface area contributed by atoms with Crippen molar-refractivity contribution in [1.29, 1.82) is 0 Å². The molecule has 3 aromatic rings. The van der Waals surface area contributed by atoms with Gasteiger partial charge in [-0.15, -0.1) is 5.10 Å². The van der Waals surface area contributed by atoms with Crippen LogP contribution < -0.4 is 10.2 Å². The summed E-state index contributed by atoms with van der Waals surface area (Å²) in [6.45, 7) is 2.55. The lowest BCUT2D eigenvalue weighted by Gasteiger charge is -2.21. The van der Waals surface area contributed by atoms with Gasteiger partial charge in [0.25, 0.3) is 0 Å². The Kier molecular flexibility index (Phi) is 6.64. The third kappa shape index (κ3) is 5.20. The van der Waals surface area contributed by atoms with Crippen molar-refractivity contribution in [3.05, 3.63) is 66.1 Å². The molecule has 156 valence electrons. The largest absolute Gasteiger partial charge is 0.357 e. The zero-order chi connectivity index (χ0) is 20.6. The summed E-state index contributed by atoms with van der Waals surface area (Å²) >= 11 is 0. The smallest absolute Gasteiger partial charge is 0.245 e. The Morgan fingerprint density at radius 3 is 2.47 bits per heavy atom. The zero-order valence-corrected chi connectivity index (χ0v) is 17.0. The number of hydrogen-bond donors (Lipinski definition) is 1. The van der Waals surface area contributed by atoms with Crippen molar-refractivity contribution in [2.24, 2.45) is 0 Å². The van der Waals surface area contributed by atoms with Crippen LogP contribution in [0.2, 0.25) is 0 Å². The van der Waals surface area contributed by atoms with Gasteiger partial charge in [0.2, 0.25) is 5.91 Å². The van der Waals surface area contributed by atoms with Crippen LogP contribution in [0.3, 0.4) is 0 Å². The van der Waals surface area contributed by atoms with E-state index in [0.717, 1.165) is 30.0 Å². The maximum atomic E-state index is 12.9. The highest BCUT2D eigenvalue weighted by Crippen LogP contribution is 2.18. The molecule has 1 unspecified atom stereocenters. The fourth-order valence-electron chi connectivity index (χ4n) is 3.77. The predicted octanol–water partition coefficient (Wildman–Crippen LogP) is 2.55. The predicted molar refractivity (Wildman–Crippen MR) is 114 cm³/mol. The molecule has 2 aromatic heterocycles. The highest BCUT2D eigenvalue weighted by atomic mass is 16.2. The minimum absolute atomic E-state index is 0.122. The molecule has 3 heterocycles. The van der Waals surface area contributed by atoms with Crippen molar-refractivity contribution in [3.63, 3.8) is 0 Å². The second-order valence-corrected chi connectivity index (χ2v) is 7.64. The average Bonchev–Trinajstić information content (AvgIpc) is 3.19. The summed E-state index contributed by atoms with van der Waals surface area (Å²) in [5.41, 5.74) is 2.02. The molecule has 1 fully saturated rings. The van der Waals surface area contributed by atoms with Crippen molar-refractivity contribution in [2.75, 3.05) is 18.0 Å². The molecule has 1 aromatic carbocycles. The Labute approximate surface area is 176 Å². The SMILES string of the molecule is O=C(NCc1ccc(N2CCCCCC2)nc1)C(Cc1ccccc1)n1cnnn1. The van der Waals surface area contributed by atoms with Crippen molar-refractivity contribution in [3.8, 4) is 0 Å². The molecule has 0 saturated carbocycles. The first-order valence-electron chi connectivity index (χ1n) is 10.5. The number of anilines is 1. The summed E-state index contributed by atoms with van der Waals surface area (Å²) in [5, 5.41) is 14.3. The third-order valence-electron chi connectivity index (χ3n) is 5.46. The van der Waals surface area contributed by atoms with E-state index in [1.54, 1.807) is 0 Å². The number of pyridine rings is 1. The number of tetrazole rings is 1. The van der Waals surface area contributed by atoms with Gasteiger partial charge in [-0.1, -0.05) is 49.2 Å². The second kappa shape index (κ2) is 9.96. The maximum Gasteiger partial charge on any atom is 0.245 e. The Balaban J connectivity index is 1.38. The number of nitrogens with zero attached hydrogens (tertiary/aromatic N) is 6. The number of aromatic nitrogens is 5. The van der Waals surface area contributed by atoms with E-state index in [9.17, 15) is 4.79 Å². The number of amides is 1. The molecule has 1 saturated heterocycles. The quantitative estimate of drug-likeness (QED) is 0.650. The summed E-state index contributed by atoms with van der Waals surface area (Å²) in [4.78, 5) is 19.9. The van der Waals surface area contributed by atoms with Crippen molar-refractivity contribution < 1.29 is 4.79 Å². The Morgan fingerprint density at radius 2 is 1.80 bits per heavy atom. The van der Waals surface area contributed by atoms with Gasteiger partial charge in [-0.05, 0) is 40.5 Å². The van der Waals surface area contributed by atoms with Crippen LogP contribution >= 0.6 is 0 Å². The van der Waals surface area contributed by atoms with Gasteiger partial charge < -0.3 is 10.2 Å². The number of hydrogen-bond acceptors (Lipinski definition) is 6. The highest BCUT2D eigenvalue weighted by Gasteiger charge is 2.22. The van der Waals surface area contributed by atoms with Gasteiger partial charge in [-0.2, -0.15) is 0 Å². The van der Waals surface area contributed by atoms with Gasteiger partial charge in [-0.25, -0.2) is 9.67 Å². The first-order chi connectivity index (χ1) is 14.8. The van der Waals surface area contributed by atoms with Gasteiger partial charge in [0.15, 0.2) is 0 Å². The van der Waals surface area contributed by atoms with E-state index in [2.05, 4.69) is 36.8 Å². The second-order valence-electron chi connectivity index (χ2n) is 7.64. The van der Waals surface area contributed by atoms with Crippen LogP contribution in [0.25, 0.3) is 0 Å². The van der Waals surface area contributed by atoms with E-state index < -0.39 is 6.04 Å². The van der Waals surface area contributed by atoms with Crippen LogP contribution in [-0.4, -0.2) is 44.2 Å². The molecule has 0 radical (unpaired) electrons. The maximum absolute atomic E-state index is 12.9. The van der Waals surface area contributed by atoms with E-state index in [1.807, 2.05) is 42.6 Å². The third-order valence-corrected chi connectivity index (χ3v) is 5.46. The van der Waals surface area contributed by atoms with E-state index >= 15 is 0 Å². The summed E-state index contributed by atoms with van der Waals surface area (Å²) in [7, 11) is 0. The molecule has 1 amide bonds. The Bertz CT molecular complexity index is 904. The van der Waals surface area contributed by atoms with Crippen molar-refractivity contribution >= 4 is 11.7 Å².